The molecule has 10 nitrogen and oxygen atoms in total. The number of pyridine rings is 1. The summed E-state index contributed by atoms with van der Waals surface area (Å²) in [5.74, 6) is -1.92. The van der Waals surface area contributed by atoms with Crippen molar-refractivity contribution in [3.63, 3.8) is 0 Å². The van der Waals surface area contributed by atoms with E-state index >= 15 is 0 Å². The minimum absolute atomic E-state index is 0.0543. The zero-order valence-corrected chi connectivity index (χ0v) is 19.1. The molecule has 174 valence electrons. The first kappa shape index (κ1) is 22.6. The van der Waals surface area contributed by atoms with E-state index in [0.717, 1.165) is 9.47 Å². The lowest BCUT2D eigenvalue weighted by Gasteiger charge is -2.27. The van der Waals surface area contributed by atoms with Crippen molar-refractivity contribution in [2.75, 3.05) is 5.32 Å². The Kier molecular flexibility index (Phi) is 5.77. The minimum Gasteiger partial charge on any atom is -0.323 e. The average molecular weight is 453 g/mol. The standard InChI is InChI=1S/C23H27N5O5/c1-12(2)9-17(28-21(31)14-7-5-6-8-15(14)22(28)32)19(29)25-13-10-16-18(24-11-13)26(3)23(33)27(4)20(16)30/h5-6,10-12,14-15,17H,7-9H2,1-4H3,(H,25,29). The van der Waals surface area contributed by atoms with Crippen LogP contribution in [0.2, 0.25) is 0 Å². The maximum atomic E-state index is 13.3. The van der Waals surface area contributed by atoms with Gasteiger partial charge in [-0.3, -0.25) is 33.2 Å². The fourth-order valence-electron chi connectivity index (χ4n) is 4.67. The minimum atomic E-state index is -0.964. The molecule has 4 rings (SSSR count). The number of fused-ring (bicyclic) bond motifs is 2. The summed E-state index contributed by atoms with van der Waals surface area (Å²) >= 11 is 0. The van der Waals surface area contributed by atoms with E-state index in [2.05, 4.69) is 10.3 Å². The number of likely N-dealkylation sites (tertiary alicyclic amines) is 1. The highest BCUT2D eigenvalue weighted by molar-refractivity contribution is 6.10. The van der Waals surface area contributed by atoms with Crippen LogP contribution in [0.5, 0.6) is 0 Å². The Labute approximate surface area is 189 Å². The van der Waals surface area contributed by atoms with Crippen molar-refractivity contribution in [1.82, 2.24) is 19.0 Å². The van der Waals surface area contributed by atoms with Gasteiger partial charge in [-0.05, 0) is 31.2 Å². The van der Waals surface area contributed by atoms with Gasteiger partial charge >= 0.3 is 5.69 Å². The van der Waals surface area contributed by atoms with Crippen LogP contribution in [0.15, 0.2) is 34.0 Å². The number of nitrogens with one attached hydrogen (secondary N) is 1. The molecule has 33 heavy (non-hydrogen) atoms. The van der Waals surface area contributed by atoms with Gasteiger partial charge in [-0.1, -0.05) is 26.0 Å². The number of hydrogen-bond donors (Lipinski definition) is 1. The van der Waals surface area contributed by atoms with Crippen LogP contribution >= 0.6 is 0 Å². The third-order valence-electron chi connectivity index (χ3n) is 6.41. The van der Waals surface area contributed by atoms with Crippen LogP contribution in [-0.4, -0.2) is 42.8 Å². The van der Waals surface area contributed by atoms with E-state index in [0.29, 0.717) is 19.3 Å². The monoisotopic (exact) mass is 453 g/mol. The van der Waals surface area contributed by atoms with Crippen molar-refractivity contribution in [2.24, 2.45) is 31.8 Å². The van der Waals surface area contributed by atoms with Gasteiger partial charge in [-0.25, -0.2) is 9.78 Å². The summed E-state index contributed by atoms with van der Waals surface area (Å²) in [6, 6.07) is 0.487. The molecule has 0 spiro atoms. The number of imide groups is 1. The lowest BCUT2D eigenvalue weighted by atomic mass is 9.85. The topological polar surface area (TPSA) is 123 Å². The Morgan fingerprint density at radius 2 is 1.67 bits per heavy atom. The Hall–Kier alpha value is -3.56. The summed E-state index contributed by atoms with van der Waals surface area (Å²) in [4.78, 5) is 69.4. The highest BCUT2D eigenvalue weighted by Crippen LogP contribution is 2.37. The first-order valence-corrected chi connectivity index (χ1v) is 11.0. The predicted molar refractivity (Wildman–Crippen MR) is 121 cm³/mol. The first-order valence-electron chi connectivity index (χ1n) is 11.0. The zero-order valence-electron chi connectivity index (χ0n) is 19.1. The largest absolute Gasteiger partial charge is 0.332 e. The van der Waals surface area contributed by atoms with Crippen LogP contribution in [0.1, 0.15) is 33.1 Å². The highest BCUT2D eigenvalue weighted by atomic mass is 16.2. The lowest BCUT2D eigenvalue weighted by Crippen LogP contribution is -2.48. The lowest BCUT2D eigenvalue weighted by molar-refractivity contribution is -0.147. The highest BCUT2D eigenvalue weighted by Gasteiger charge is 2.51. The summed E-state index contributed by atoms with van der Waals surface area (Å²) in [5, 5.41) is 2.89. The van der Waals surface area contributed by atoms with Gasteiger partial charge in [-0.15, -0.1) is 0 Å². The zero-order chi connectivity index (χ0) is 24.0. The molecule has 1 saturated heterocycles. The summed E-state index contributed by atoms with van der Waals surface area (Å²) in [7, 11) is 2.87. The molecule has 0 radical (unpaired) electrons. The van der Waals surface area contributed by atoms with Gasteiger partial charge in [0.1, 0.15) is 11.7 Å². The molecule has 0 bridgehead atoms. The van der Waals surface area contributed by atoms with E-state index in [1.807, 2.05) is 26.0 Å². The second-order valence-corrected chi connectivity index (χ2v) is 9.14. The van der Waals surface area contributed by atoms with Gasteiger partial charge in [0.05, 0.1) is 29.1 Å². The third-order valence-corrected chi connectivity index (χ3v) is 6.41. The Bertz CT molecular complexity index is 1280. The van der Waals surface area contributed by atoms with Crippen LogP contribution in [0.4, 0.5) is 5.69 Å². The summed E-state index contributed by atoms with van der Waals surface area (Å²) in [5.41, 5.74) is -0.593. The second kappa shape index (κ2) is 8.42. The van der Waals surface area contributed by atoms with Crippen molar-refractivity contribution in [3.05, 3.63) is 45.3 Å². The van der Waals surface area contributed by atoms with Gasteiger partial charge < -0.3 is 5.32 Å². The molecule has 1 aliphatic heterocycles. The number of carbonyl (C=O) groups excluding carboxylic acids is 3. The first-order chi connectivity index (χ1) is 15.6. The van der Waals surface area contributed by atoms with E-state index in [9.17, 15) is 24.0 Å². The smallest absolute Gasteiger partial charge is 0.323 e. The number of rotatable bonds is 5. The van der Waals surface area contributed by atoms with Gasteiger partial charge in [0.2, 0.25) is 17.7 Å². The Balaban J connectivity index is 1.67. The molecule has 3 unspecified atom stereocenters. The van der Waals surface area contributed by atoms with E-state index in [4.69, 9.17) is 0 Å². The molecule has 2 aromatic heterocycles. The number of hydrogen-bond acceptors (Lipinski definition) is 6. The molecule has 3 heterocycles. The quantitative estimate of drug-likeness (QED) is 0.531. The molecular weight excluding hydrogens is 426 g/mol. The summed E-state index contributed by atoms with van der Waals surface area (Å²) < 4.78 is 2.22. The van der Waals surface area contributed by atoms with Crippen molar-refractivity contribution in [3.8, 4) is 0 Å². The van der Waals surface area contributed by atoms with Crippen molar-refractivity contribution in [1.29, 1.82) is 0 Å². The number of allylic oxidation sites excluding steroid dienone is 2. The van der Waals surface area contributed by atoms with Crippen LogP contribution in [0.3, 0.4) is 0 Å². The van der Waals surface area contributed by atoms with E-state index in [-0.39, 0.29) is 34.5 Å². The Morgan fingerprint density at radius 1 is 1.06 bits per heavy atom. The van der Waals surface area contributed by atoms with Crippen LogP contribution in [-0.2, 0) is 28.5 Å². The van der Waals surface area contributed by atoms with Crippen molar-refractivity contribution in [2.45, 2.75) is 39.2 Å². The molecule has 1 aliphatic carbocycles. The fraction of sp³-hybridized carbons (Fsp3) is 0.478. The second-order valence-electron chi connectivity index (χ2n) is 9.14. The van der Waals surface area contributed by atoms with Gasteiger partial charge in [0.15, 0.2) is 0 Å². The molecule has 0 aromatic carbocycles. The molecule has 1 fully saturated rings. The molecule has 1 N–H and O–H groups in total. The van der Waals surface area contributed by atoms with E-state index in [1.165, 1.54) is 30.9 Å². The number of aryl methyl sites for hydroxylation is 1. The predicted octanol–water partition coefficient (Wildman–Crippen LogP) is 0.937. The molecule has 2 aliphatic rings. The number of anilines is 1. The number of nitrogens with zero attached hydrogens (tertiary/aromatic N) is 4. The normalized spacial score (nSPS) is 21.1. The molecule has 10 heteroatoms. The molecule has 0 saturated carbocycles. The summed E-state index contributed by atoms with van der Waals surface area (Å²) in [6.07, 6.45) is 6.47. The SMILES string of the molecule is CC(C)CC(C(=O)Nc1cnc2c(c1)c(=O)n(C)c(=O)n2C)N1C(=O)C2CC=CCC2C1=O. The van der Waals surface area contributed by atoms with Crippen molar-refractivity contribution >= 4 is 34.4 Å². The molecule has 3 amide bonds. The third kappa shape index (κ3) is 3.79. The van der Waals surface area contributed by atoms with Crippen LogP contribution in [0.25, 0.3) is 11.0 Å². The maximum absolute atomic E-state index is 13.3. The Morgan fingerprint density at radius 3 is 2.24 bits per heavy atom. The molecule has 2 aromatic rings. The molecular formula is C23H27N5O5. The summed E-state index contributed by atoms with van der Waals surface area (Å²) in [6.45, 7) is 3.84. The fourth-order valence-corrected chi connectivity index (χ4v) is 4.67. The number of amides is 3. The van der Waals surface area contributed by atoms with Crippen molar-refractivity contribution < 1.29 is 14.4 Å². The van der Waals surface area contributed by atoms with Gasteiger partial charge in [0, 0.05) is 14.1 Å². The number of carbonyl (C=O) groups is 3. The molecule has 3 atom stereocenters. The van der Waals surface area contributed by atoms with E-state index in [1.54, 1.807) is 0 Å². The number of aromatic nitrogens is 3. The van der Waals surface area contributed by atoms with Crippen LogP contribution < -0.4 is 16.6 Å². The van der Waals surface area contributed by atoms with Gasteiger partial charge in [0.25, 0.3) is 5.56 Å². The maximum Gasteiger partial charge on any atom is 0.332 e. The van der Waals surface area contributed by atoms with Gasteiger partial charge in [-0.2, -0.15) is 0 Å². The average Bonchev–Trinajstić information content (AvgIpc) is 3.04. The van der Waals surface area contributed by atoms with E-state index < -0.39 is 35.0 Å². The van der Waals surface area contributed by atoms with Crippen LogP contribution in [0, 0.1) is 17.8 Å².